The molecule has 0 aliphatic carbocycles. The van der Waals surface area contributed by atoms with E-state index in [1.54, 1.807) is 0 Å². The molecule has 0 saturated heterocycles. The van der Waals surface area contributed by atoms with Gasteiger partial charge in [-0.2, -0.15) is 8.42 Å². The van der Waals surface area contributed by atoms with Crippen LogP contribution in [0.1, 0.15) is 5.56 Å². The fourth-order valence-corrected chi connectivity index (χ4v) is 3.00. The lowest BCUT2D eigenvalue weighted by molar-refractivity contribution is -0.384. The van der Waals surface area contributed by atoms with Crippen molar-refractivity contribution in [2.45, 2.75) is 5.75 Å². The van der Waals surface area contributed by atoms with E-state index in [-0.39, 0.29) is 16.5 Å². The Morgan fingerprint density at radius 1 is 1.05 bits per heavy atom. The Morgan fingerprint density at radius 3 is 2.23 bits per heavy atom. The first-order valence-corrected chi connectivity index (χ1v) is 8.21. The average Bonchev–Trinajstić information content (AvgIpc) is 2.42. The highest BCUT2D eigenvalue weighted by Gasteiger charge is 2.16. The van der Waals surface area contributed by atoms with Crippen molar-refractivity contribution in [1.29, 1.82) is 0 Å². The quantitative estimate of drug-likeness (QED) is 0.459. The molecule has 0 aliphatic rings. The molecule has 0 atom stereocenters. The summed E-state index contributed by atoms with van der Waals surface area (Å²) < 4.78 is 28.8. The molecule has 0 N–H and O–H groups in total. The molecule has 0 radical (unpaired) electrons. The SMILES string of the molecule is O=[N+]([O-])c1ccc(OS(=O)(=O)Cc2ccc(Cl)c(Cl)c2)cc1. The molecule has 0 aliphatic heterocycles. The lowest BCUT2D eigenvalue weighted by atomic mass is 10.2. The molecule has 2 aromatic carbocycles. The zero-order chi connectivity index (χ0) is 16.3. The predicted molar refractivity (Wildman–Crippen MR) is 82.8 cm³/mol. The van der Waals surface area contributed by atoms with Crippen molar-refractivity contribution in [2.75, 3.05) is 0 Å². The van der Waals surface area contributed by atoms with Crippen LogP contribution in [0.4, 0.5) is 5.69 Å². The minimum absolute atomic E-state index is 0.00865. The minimum Gasteiger partial charge on any atom is -0.382 e. The number of halogens is 2. The average molecular weight is 362 g/mol. The Morgan fingerprint density at radius 2 is 1.68 bits per heavy atom. The molecule has 0 fully saturated rings. The van der Waals surface area contributed by atoms with E-state index in [4.69, 9.17) is 27.4 Å². The molecule has 0 unspecified atom stereocenters. The third kappa shape index (κ3) is 4.33. The summed E-state index contributed by atoms with van der Waals surface area (Å²) in [4.78, 5) is 9.93. The maximum atomic E-state index is 12.0. The molecular weight excluding hydrogens is 353 g/mol. The zero-order valence-corrected chi connectivity index (χ0v) is 13.2. The fraction of sp³-hybridized carbons (Fsp3) is 0.0769. The smallest absolute Gasteiger partial charge is 0.313 e. The number of non-ortho nitro benzene ring substituents is 1. The highest BCUT2D eigenvalue weighted by molar-refractivity contribution is 7.86. The summed E-state index contributed by atoms with van der Waals surface area (Å²) in [7, 11) is -3.92. The number of nitro groups is 1. The van der Waals surface area contributed by atoms with Gasteiger partial charge < -0.3 is 4.18 Å². The van der Waals surface area contributed by atoms with Crippen molar-refractivity contribution < 1.29 is 17.5 Å². The lowest BCUT2D eigenvalue weighted by Gasteiger charge is -2.07. The second-order valence-electron chi connectivity index (χ2n) is 4.28. The molecule has 22 heavy (non-hydrogen) atoms. The number of benzene rings is 2. The third-order valence-corrected chi connectivity index (χ3v) is 4.47. The van der Waals surface area contributed by atoms with Crippen molar-refractivity contribution in [2.24, 2.45) is 0 Å². The Balaban J connectivity index is 2.13. The monoisotopic (exact) mass is 361 g/mol. The van der Waals surface area contributed by atoms with E-state index in [0.717, 1.165) is 12.1 Å². The van der Waals surface area contributed by atoms with E-state index in [1.807, 2.05) is 0 Å². The fourth-order valence-electron chi connectivity index (χ4n) is 1.63. The number of nitro benzene ring substituents is 1. The molecule has 0 amide bonds. The first-order valence-electron chi connectivity index (χ1n) is 5.87. The van der Waals surface area contributed by atoms with Crippen molar-refractivity contribution in [1.82, 2.24) is 0 Å². The molecule has 9 heteroatoms. The molecule has 0 aromatic heterocycles. The van der Waals surface area contributed by atoms with Crippen LogP contribution in [0.5, 0.6) is 5.75 Å². The Bertz CT molecular complexity index is 806. The Labute approximate surface area is 136 Å². The van der Waals surface area contributed by atoms with E-state index < -0.39 is 20.8 Å². The van der Waals surface area contributed by atoms with Crippen molar-refractivity contribution >= 4 is 39.0 Å². The van der Waals surface area contributed by atoms with Crippen molar-refractivity contribution in [3.8, 4) is 5.75 Å². The van der Waals surface area contributed by atoms with Gasteiger partial charge in [-0.25, -0.2) is 0 Å². The first kappa shape index (κ1) is 16.5. The number of hydrogen-bond donors (Lipinski definition) is 0. The van der Waals surface area contributed by atoms with E-state index >= 15 is 0 Å². The van der Waals surface area contributed by atoms with Crippen LogP contribution in [0.25, 0.3) is 0 Å². The van der Waals surface area contributed by atoms with Gasteiger partial charge in [0, 0.05) is 12.1 Å². The molecule has 2 aromatic rings. The normalized spacial score (nSPS) is 11.2. The third-order valence-electron chi connectivity index (χ3n) is 2.60. The largest absolute Gasteiger partial charge is 0.382 e. The van der Waals surface area contributed by atoms with Gasteiger partial charge in [0.15, 0.2) is 0 Å². The first-order chi connectivity index (χ1) is 10.3. The van der Waals surface area contributed by atoms with Gasteiger partial charge in [0.2, 0.25) is 0 Å². The highest BCUT2D eigenvalue weighted by atomic mass is 35.5. The molecule has 0 heterocycles. The summed E-state index contributed by atoms with van der Waals surface area (Å²) in [5.74, 6) is -0.411. The van der Waals surface area contributed by atoms with Crippen LogP contribution in [0.2, 0.25) is 10.0 Å². The van der Waals surface area contributed by atoms with E-state index in [0.29, 0.717) is 10.6 Å². The predicted octanol–water partition coefficient (Wildman–Crippen LogP) is 3.81. The van der Waals surface area contributed by atoms with Gasteiger partial charge in [-0.05, 0) is 29.8 Å². The second kappa shape index (κ2) is 6.51. The van der Waals surface area contributed by atoms with Gasteiger partial charge in [-0.15, -0.1) is 0 Å². The lowest BCUT2D eigenvalue weighted by Crippen LogP contribution is -2.12. The number of nitrogens with zero attached hydrogens (tertiary/aromatic N) is 1. The van der Waals surface area contributed by atoms with Crippen LogP contribution in [0.15, 0.2) is 42.5 Å². The van der Waals surface area contributed by atoms with Crippen LogP contribution in [-0.4, -0.2) is 13.3 Å². The highest BCUT2D eigenvalue weighted by Crippen LogP contribution is 2.25. The molecule has 0 saturated carbocycles. The standard InChI is InChI=1S/C13H9Cl2NO5S/c14-12-6-1-9(7-13(12)15)8-22(19,20)21-11-4-2-10(3-5-11)16(17)18/h1-7H,8H2. The molecule has 6 nitrogen and oxygen atoms in total. The Hall–Kier alpha value is -1.83. The summed E-state index contributed by atoms with van der Waals surface area (Å²) >= 11 is 11.6. The summed E-state index contributed by atoms with van der Waals surface area (Å²) in [6.45, 7) is 0. The van der Waals surface area contributed by atoms with Crippen LogP contribution in [0.3, 0.4) is 0 Å². The van der Waals surface area contributed by atoms with Crippen LogP contribution in [-0.2, 0) is 15.9 Å². The maximum Gasteiger partial charge on any atom is 0.313 e. The van der Waals surface area contributed by atoms with Gasteiger partial charge in [0.1, 0.15) is 11.5 Å². The minimum atomic E-state index is -3.92. The second-order valence-corrected chi connectivity index (χ2v) is 6.67. The van der Waals surface area contributed by atoms with Gasteiger partial charge in [0.25, 0.3) is 5.69 Å². The molecule has 2 rings (SSSR count). The Kier molecular flexibility index (Phi) is 4.90. The number of hydrogen-bond acceptors (Lipinski definition) is 5. The van der Waals surface area contributed by atoms with E-state index in [9.17, 15) is 18.5 Å². The van der Waals surface area contributed by atoms with Crippen molar-refractivity contribution in [3.63, 3.8) is 0 Å². The van der Waals surface area contributed by atoms with Gasteiger partial charge >= 0.3 is 10.1 Å². The van der Waals surface area contributed by atoms with Crippen LogP contribution < -0.4 is 4.18 Å². The molecular formula is C13H9Cl2NO5S. The maximum absolute atomic E-state index is 12.0. The molecule has 116 valence electrons. The van der Waals surface area contributed by atoms with Crippen LogP contribution >= 0.6 is 23.2 Å². The molecule has 0 spiro atoms. The summed E-state index contributed by atoms with van der Waals surface area (Å²) in [5, 5.41) is 11.1. The summed E-state index contributed by atoms with van der Waals surface area (Å²) in [5.41, 5.74) is 0.255. The van der Waals surface area contributed by atoms with Crippen molar-refractivity contribution in [3.05, 3.63) is 68.2 Å². The summed E-state index contributed by atoms with van der Waals surface area (Å²) in [6, 6.07) is 9.18. The van der Waals surface area contributed by atoms with Crippen LogP contribution in [0, 0.1) is 10.1 Å². The van der Waals surface area contributed by atoms with Gasteiger partial charge in [0.05, 0.1) is 15.0 Å². The van der Waals surface area contributed by atoms with Gasteiger partial charge in [-0.3, -0.25) is 10.1 Å². The van der Waals surface area contributed by atoms with E-state index in [1.165, 1.54) is 30.3 Å². The molecule has 0 bridgehead atoms. The summed E-state index contributed by atoms with van der Waals surface area (Å²) in [6.07, 6.45) is 0. The van der Waals surface area contributed by atoms with Gasteiger partial charge in [-0.1, -0.05) is 29.3 Å². The number of rotatable bonds is 5. The van der Waals surface area contributed by atoms with E-state index in [2.05, 4.69) is 0 Å². The zero-order valence-electron chi connectivity index (χ0n) is 10.9. The topological polar surface area (TPSA) is 86.5 Å².